The molecule has 2 aliphatic heterocycles. The maximum atomic E-state index is 10.6. The van der Waals surface area contributed by atoms with Gasteiger partial charge >= 0.3 is 0 Å². The highest BCUT2D eigenvalue weighted by Crippen LogP contribution is 2.48. The fraction of sp³-hybridized carbons (Fsp3) is 0.440. The van der Waals surface area contributed by atoms with Gasteiger partial charge in [0.2, 0.25) is 5.75 Å². The molecule has 0 atom stereocenters. The van der Waals surface area contributed by atoms with Crippen molar-refractivity contribution in [2.75, 3.05) is 33.0 Å². The lowest BCUT2D eigenvalue weighted by Crippen LogP contribution is -2.31. The van der Waals surface area contributed by atoms with Crippen LogP contribution >= 0.6 is 0 Å². The number of nitrogens with zero attached hydrogens (tertiary/aromatic N) is 1. The van der Waals surface area contributed by atoms with Gasteiger partial charge in [0.25, 0.3) is 0 Å². The Labute approximate surface area is 184 Å². The summed E-state index contributed by atoms with van der Waals surface area (Å²) in [6.07, 6.45) is 3.06. The van der Waals surface area contributed by atoms with Crippen molar-refractivity contribution in [2.45, 2.75) is 40.7 Å². The number of benzene rings is 2. The maximum absolute atomic E-state index is 10.6. The van der Waals surface area contributed by atoms with Crippen LogP contribution in [0, 0.1) is 0 Å². The zero-order chi connectivity index (χ0) is 22.0. The van der Waals surface area contributed by atoms with Gasteiger partial charge in [-0.05, 0) is 69.5 Å². The number of hydrogen-bond donors (Lipinski definition) is 1. The zero-order valence-corrected chi connectivity index (χ0v) is 18.8. The Morgan fingerprint density at radius 2 is 1.48 bits per heavy atom. The third kappa shape index (κ3) is 3.87. The minimum absolute atomic E-state index is 0.104. The van der Waals surface area contributed by atoms with E-state index in [-0.39, 0.29) is 5.75 Å². The van der Waals surface area contributed by atoms with Crippen LogP contribution in [0.15, 0.2) is 18.2 Å². The molecule has 6 nitrogen and oxygen atoms in total. The van der Waals surface area contributed by atoms with Gasteiger partial charge in [0.05, 0.1) is 26.4 Å². The molecule has 0 aliphatic carbocycles. The molecule has 6 heteroatoms. The Balaban J connectivity index is 1.84. The van der Waals surface area contributed by atoms with Gasteiger partial charge in [0, 0.05) is 29.9 Å². The van der Waals surface area contributed by atoms with Crippen molar-refractivity contribution in [1.29, 1.82) is 0 Å². The van der Waals surface area contributed by atoms with Gasteiger partial charge in [-0.2, -0.15) is 0 Å². The number of hydrogen-bond acceptors (Lipinski definition) is 6. The summed E-state index contributed by atoms with van der Waals surface area (Å²) in [5.74, 6) is 2.73. The molecule has 0 radical (unpaired) electrons. The third-order valence-electron chi connectivity index (χ3n) is 5.61. The first-order chi connectivity index (χ1) is 15.1. The van der Waals surface area contributed by atoms with E-state index in [2.05, 4.69) is 23.1 Å². The van der Waals surface area contributed by atoms with Crippen LogP contribution < -0.4 is 18.9 Å². The van der Waals surface area contributed by atoms with Crippen molar-refractivity contribution in [3.63, 3.8) is 0 Å². The molecule has 31 heavy (non-hydrogen) atoms. The summed E-state index contributed by atoms with van der Waals surface area (Å²) in [6, 6.07) is 5.98. The van der Waals surface area contributed by atoms with Crippen molar-refractivity contribution in [3.05, 3.63) is 40.5 Å². The molecule has 166 valence electrons. The Hall–Kier alpha value is -3.02. The van der Waals surface area contributed by atoms with Crippen molar-refractivity contribution < 1.29 is 24.1 Å². The zero-order valence-electron chi connectivity index (χ0n) is 18.8. The number of ether oxygens (including phenoxy) is 4. The second kappa shape index (κ2) is 9.00. The Morgan fingerprint density at radius 1 is 0.839 bits per heavy atom. The summed E-state index contributed by atoms with van der Waals surface area (Å²) >= 11 is 0. The van der Waals surface area contributed by atoms with Crippen LogP contribution in [0.25, 0.3) is 11.8 Å². The van der Waals surface area contributed by atoms with E-state index >= 15 is 0 Å². The van der Waals surface area contributed by atoms with E-state index in [0.717, 1.165) is 46.9 Å². The summed E-state index contributed by atoms with van der Waals surface area (Å²) < 4.78 is 23.3. The molecule has 2 heterocycles. The van der Waals surface area contributed by atoms with Crippen LogP contribution in [-0.2, 0) is 13.0 Å². The van der Waals surface area contributed by atoms with Crippen LogP contribution in [0.2, 0.25) is 0 Å². The van der Waals surface area contributed by atoms with Gasteiger partial charge < -0.3 is 29.0 Å². The summed E-state index contributed by atoms with van der Waals surface area (Å²) in [5, 5.41) is 10.6. The normalized spacial score (nSPS) is 14.2. The molecule has 0 bridgehead atoms. The number of phenols is 1. The van der Waals surface area contributed by atoms with E-state index in [1.807, 2.05) is 27.7 Å². The molecule has 0 aromatic heterocycles. The molecule has 4 rings (SSSR count). The van der Waals surface area contributed by atoms with E-state index in [4.69, 9.17) is 18.9 Å². The van der Waals surface area contributed by atoms with Gasteiger partial charge in [-0.15, -0.1) is 0 Å². The average molecular weight is 426 g/mol. The number of aromatic hydroxyl groups is 1. The highest BCUT2D eigenvalue weighted by Gasteiger charge is 2.30. The molecule has 0 amide bonds. The van der Waals surface area contributed by atoms with E-state index < -0.39 is 0 Å². The van der Waals surface area contributed by atoms with Gasteiger partial charge in [-0.25, -0.2) is 0 Å². The van der Waals surface area contributed by atoms with Crippen LogP contribution in [-0.4, -0.2) is 43.0 Å². The molecular formula is C25H31NO5. The molecular weight excluding hydrogens is 394 g/mol. The Bertz CT molecular complexity index is 998. The lowest BCUT2D eigenvalue weighted by atomic mass is 9.90. The molecule has 1 N–H and O–H groups in total. The molecule has 0 spiro atoms. The SMILES string of the molecule is CCOc1cc2c(cc1OCC)C1=Cc3cc(O)c(OCC)c(OCC)c3CN1CC2. The first-order valence-electron chi connectivity index (χ1n) is 11.1. The third-order valence-corrected chi connectivity index (χ3v) is 5.61. The van der Waals surface area contributed by atoms with E-state index in [0.29, 0.717) is 44.5 Å². The van der Waals surface area contributed by atoms with Crippen molar-refractivity contribution in [3.8, 4) is 28.7 Å². The highest BCUT2D eigenvalue weighted by atomic mass is 16.5. The second-order valence-corrected chi connectivity index (χ2v) is 7.51. The summed E-state index contributed by atoms with van der Waals surface area (Å²) in [7, 11) is 0. The lowest BCUT2D eigenvalue weighted by Gasteiger charge is -2.38. The predicted molar refractivity (Wildman–Crippen MR) is 121 cm³/mol. The summed E-state index contributed by atoms with van der Waals surface area (Å²) in [5.41, 5.74) is 5.53. The monoisotopic (exact) mass is 425 g/mol. The molecule has 2 aromatic carbocycles. The van der Waals surface area contributed by atoms with Gasteiger partial charge in [-0.3, -0.25) is 0 Å². The average Bonchev–Trinajstić information content (AvgIpc) is 2.76. The molecule has 2 aliphatic rings. The largest absolute Gasteiger partial charge is 0.504 e. The van der Waals surface area contributed by atoms with Crippen molar-refractivity contribution in [2.24, 2.45) is 0 Å². The quantitative estimate of drug-likeness (QED) is 0.652. The van der Waals surface area contributed by atoms with Gasteiger partial charge in [0.15, 0.2) is 23.0 Å². The minimum atomic E-state index is 0.104. The highest BCUT2D eigenvalue weighted by molar-refractivity contribution is 5.87. The number of fused-ring (bicyclic) bond motifs is 4. The fourth-order valence-corrected chi connectivity index (χ4v) is 4.36. The fourth-order valence-electron chi connectivity index (χ4n) is 4.36. The van der Waals surface area contributed by atoms with E-state index in [1.54, 1.807) is 6.07 Å². The van der Waals surface area contributed by atoms with Gasteiger partial charge in [-0.1, -0.05) is 0 Å². The van der Waals surface area contributed by atoms with E-state index in [1.165, 1.54) is 5.56 Å². The van der Waals surface area contributed by atoms with Gasteiger partial charge in [0.1, 0.15) is 0 Å². The summed E-state index contributed by atoms with van der Waals surface area (Å²) in [6.45, 7) is 11.6. The van der Waals surface area contributed by atoms with Crippen LogP contribution in [0.5, 0.6) is 28.7 Å². The second-order valence-electron chi connectivity index (χ2n) is 7.51. The summed E-state index contributed by atoms with van der Waals surface area (Å²) in [4.78, 5) is 2.36. The topological polar surface area (TPSA) is 60.4 Å². The van der Waals surface area contributed by atoms with Crippen molar-refractivity contribution >= 4 is 11.8 Å². The first kappa shape index (κ1) is 21.2. The Kier molecular flexibility index (Phi) is 6.16. The molecule has 0 unspecified atom stereocenters. The number of phenolic OH excluding ortho intramolecular Hbond substituents is 1. The van der Waals surface area contributed by atoms with E-state index in [9.17, 15) is 5.11 Å². The Morgan fingerprint density at radius 3 is 2.16 bits per heavy atom. The molecule has 2 aromatic rings. The maximum Gasteiger partial charge on any atom is 0.203 e. The molecule has 0 saturated heterocycles. The lowest BCUT2D eigenvalue weighted by molar-refractivity contribution is 0.268. The first-order valence-corrected chi connectivity index (χ1v) is 11.1. The molecule has 0 fully saturated rings. The minimum Gasteiger partial charge on any atom is -0.504 e. The van der Waals surface area contributed by atoms with Crippen LogP contribution in [0.1, 0.15) is 49.9 Å². The molecule has 0 saturated carbocycles. The standard InChI is InChI=1S/C25H31NO5/c1-5-28-22-13-16-9-10-26-15-19-17(11-20(26)18(16)14-23(22)29-6-2)12-21(27)25(31-8-4)24(19)30-7-3/h11-14,27H,5-10,15H2,1-4H3. The predicted octanol–water partition coefficient (Wildman–Crippen LogP) is 4.86. The smallest absolute Gasteiger partial charge is 0.203 e. The van der Waals surface area contributed by atoms with Crippen LogP contribution in [0.4, 0.5) is 0 Å². The number of rotatable bonds is 8. The van der Waals surface area contributed by atoms with Crippen molar-refractivity contribution in [1.82, 2.24) is 4.90 Å². The van der Waals surface area contributed by atoms with Crippen LogP contribution in [0.3, 0.4) is 0 Å².